The molecular formula is C38H39NP2Rh+2. The largest absolute Gasteiger partial charge is 2.00 e. The predicted octanol–water partition coefficient (Wildman–Crippen LogP) is 7.95. The minimum atomic E-state index is -0.783. The number of allylic oxidation sites excluding steroid dienone is 2. The Balaban J connectivity index is 0.000000284. The molecule has 0 bridgehead atoms. The maximum absolute atomic E-state index is 3.91. The van der Waals surface area contributed by atoms with Crippen LogP contribution in [0.2, 0.25) is 0 Å². The van der Waals surface area contributed by atoms with E-state index in [9.17, 15) is 0 Å². The minimum Gasteiger partial charge on any atom is -0.687 e. The van der Waals surface area contributed by atoms with Gasteiger partial charge < -0.3 is 5.32 Å². The number of hydrogen-bond donors (Lipinski definition) is 0. The fourth-order valence-corrected chi connectivity index (χ4v) is 10.8. The van der Waals surface area contributed by atoms with Gasteiger partial charge in [0.2, 0.25) is 0 Å². The van der Waals surface area contributed by atoms with Crippen LogP contribution in [0.5, 0.6) is 0 Å². The Morgan fingerprint density at radius 2 is 0.929 bits per heavy atom. The second kappa shape index (κ2) is 19.9. The van der Waals surface area contributed by atoms with Crippen LogP contribution >= 0.6 is 15.8 Å². The van der Waals surface area contributed by atoms with E-state index in [1.807, 2.05) is 42.5 Å². The van der Waals surface area contributed by atoms with Crippen molar-refractivity contribution in [3.63, 3.8) is 0 Å². The maximum atomic E-state index is 3.91. The van der Waals surface area contributed by atoms with E-state index in [2.05, 4.69) is 140 Å². The topological polar surface area (TPSA) is 14.1 Å². The molecule has 0 atom stereocenters. The van der Waals surface area contributed by atoms with E-state index in [-0.39, 0.29) is 19.5 Å². The van der Waals surface area contributed by atoms with Crippen molar-refractivity contribution in [1.29, 1.82) is 0 Å². The van der Waals surface area contributed by atoms with E-state index < -0.39 is 15.8 Å². The average Bonchev–Trinajstić information content (AvgIpc) is 3.07. The van der Waals surface area contributed by atoms with Crippen molar-refractivity contribution in [2.24, 2.45) is 0 Å². The summed E-state index contributed by atoms with van der Waals surface area (Å²) >= 11 is 0. The van der Waals surface area contributed by atoms with Gasteiger partial charge in [0.15, 0.2) is 0 Å². The van der Waals surface area contributed by atoms with Crippen molar-refractivity contribution in [1.82, 2.24) is 0 Å². The van der Waals surface area contributed by atoms with Crippen LogP contribution in [-0.4, -0.2) is 18.9 Å². The molecular weight excluding hydrogens is 635 g/mol. The fourth-order valence-electron chi connectivity index (χ4n) is 4.56. The second-order valence-corrected chi connectivity index (χ2v) is 14.9. The quantitative estimate of drug-likeness (QED) is 0.0946. The Morgan fingerprint density at radius 1 is 0.548 bits per heavy atom. The minimum absolute atomic E-state index is 0. The molecule has 213 valence electrons. The van der Waals surface area contributed by atoms with Gasteiger partial charge in [0.1, 0.15) is 12.3 Å². The summed E-state index contributed by atoms with van der Waals surface area (Å²) in [7, 11) is -1.57. The molecule has 6 rings (SSSR count). The molecule has 42 heavy (non-hydrogen) atoms. The zero-order chi connectivity index (χ0) is 28.4. The Morgan fingerprint density at radius 3 is 1.14 bits per heavy atom. The van der Waals surface area contributed by atoms with Crippen LogP contribution in [0.1, 0.15) is 5.56 Å². The van der Waals surface area contributed by atoms with Crippen molar-refractivity contribution in [3.8, 4) is 0 Å². The molecule has 0 amide bonds. The molecule has 0 aliphatic carbocycles. The fraction of sp³-hybridized carbons (Fsp3) is 0.105. The third-order valence-electron chi connectivity index (χ3n) is 6.65. The van der Waals surface area contributed by atoms with Crippen molar-refractivity contribution >= 4 is 37.1 Å². The first-order valence-electron chi connectivity index (χ1n) is 14.2. The Bertz CT molecular complexity index is 1250. The third kappa shape index (κ3) is 11.6. The van der Waals surface area contributed by atoms with Crippen molar-refractivity contribution in [3.05, 3.63) is 187 Å². The molecule has 4 heteroatoms. The van der Waals surface area contributed by atoms with E-state index in [1.165, 1.54) is 39.1 Å². The average molecular weight is 675 g/mol. The molecule has 1 aliphatic rings. The zero-order valence-corrected chi connectivity index (χ0v) is 27.7. The van der Waals surface area contributed by atoms with E-state index in [1.54, 1.807) is 6.20 Å². The SMILES string of the molecule is C1=CC[N-]C=C1.Cc1cc[c-]cc1.[Rh+2].c1ccc([PH+](CC[PH+](c2ccccc2)c2ccccc2)c2ccccc2)cc1. The van der Waals surface area contributed by atoms with Crippen LogP contribution in [0, 0.1) is 13.0 Å². The Kier molecular flexibility index (Phi) is 15.8. The molecule has 1 radical (unpaired) electrons. The van der Waals surface area contributed by atoms with Gasteiger partial charge in [-0.2, -0.15) is 42.1 Å². The predicted molar refractivity (Wildman–Crippen MR) is 187 cm³/mol. The Hall–Kier alpha value is -3.14. The molecule has 1 aliphatic heterocycles. The number of rotatable bonds is 7. The maximum Gasteiger partial charge on any atom is 2.00 e. The van der Waals surface area contributed by atoms with Gasteiger partial charge in [-0.3, -0.25) is 0 Å². The first-order valence-corrected chi connectivity index (χ1v) is 17.6. The molecule has 1 heterocycles. The molecule has 5 aromatic rings. The third-order valence-corrected chi connectivity index (χ3v) is 12.8. The van der Waals surface area contributed by atoms with Crippen LogP contribution < -0.4 is 21.2 Å². The van der Waals surface area contributed by atoms with E-state index in [0.717, 1.165) is 6.54 Å². The summed E-state index contributed by atoms with van der Waals surface area (Å²) in [6.45, 7) is 2.92. The summed E-state index contributed by atoms with van der Waals surface area (Å²) in [4.78, 5) is 0. The Labute approximate surface area is 268 Å². The van der Waals surface area contributed by atoms with Crippen molar-refractivity contribution in [2.45, 2.75) is 6.92 Å². The number of nitrogens with zero attached hydrogens (tertiary/aromatic N) is 1. The molecule has 0 fully saturated rings. The smallest absolute Gasteiger partial charge is 0.687 e. The summed E-state index contributed by atoms with van der Waals surface area (Å²) in [5.74, 6) is 0. The van der Waals surface area contributed by atoms with Crippen LogP contribution in [0.3, 0.4) is 0 Å². The van der Waals surface area contributed by atoms with Crippen LogP contribution in [-0.2, 0) is 19.5 Å². The van der Waals surface area contributed by atoms with Gasteiger partial charge in [0.05, 0.1) is 37.1 Å². The second-order valence-electron chi connectivity index (χ2n) is 9.63. The summed E-state index contributed by atoms with van der Waals surface area (Å²) in [6.07, 6.45) is 10.3. The van der Waals surface area contributed by atoms with E-state index in [0.29, 0.717) is 0 Å². The summed E-state index contributed by atoms with van der Waals surface area (Å²) in [5, 5.41) is 9.97. The monoisotopic (exact) mass is 674 g/mol. The van der Waals surface area contributed by atoms with E-state index in [4.69, 9.17) is 0 Å². The molecule has 0 saturated heterocycles. The molecule has 0 saturated carbocycles. The van der Waals surface area contributed by atoms with Gasteiger partial charge in [-0.15, -0.1) is 12.6 Å². The summed E-state index contributed by atoms with van der Waals surface area (Å²) in [5.41, 5.74) is 1.29. The first kappa shape index (κ1) is 33.4. The van der Waals surface area contributed by atoms with Gasteiger partial charge in [0.25, 0.3) is 0 Å². The number of aryl methyl sites for hydroxylation is 1. The summed E-state index contributed by atoms with van der Waals surface area (Å²) < 4.78 is 0. The standard InChI is InChI=1S/C26H24P2.C7H7.C5H6N.Rh/c1-5-13-23(14-6-1)27(24-15-7-2-8-16-24)21-22-28(25-17-9-3-10-18-25)26-19-11-4-12-20-26;1-7-5-3-2-4-6-7;1-2-4-6-5-3-1;/h1-20H,21-22H2;3-6H,1H3;1-4H,5H2;/q;2*-1;+2/p+2. The van der Waals surface area contributed by atoms with Crippen LogP contribution in [0.25, 0.3) is 5.32 Å². The van der Waals surface area contributed by atoms with Crippen LogP contribution in [0.4, 0.5) is 0 Å². The van der Waals surface area contributed by atoms with E-state index >= 15 is 0 Å². The van der Waals surface area contributed by atoms with Gasteiger partial charge >= 0.3 is 19.5 Å². The molecule has 0 N–H and O–H groups in total. The number of hydrogen-bond acceptors (Lipinski definition) is 0. The normalized spacial score (nSPS) is 11.3. The zero-order valence-electron chi connectivity index (χ0n) is 24.1. The summed E-state index contributed by atoms with van der Waals surface area (Å²) in [6, 6.07) is 55.3. The van der Waals surface area contributed by atoms with Gasteiger partial charge in [0, 0.05) is 0 Å². The number of benzene rings is 5. The molecule has 0 aromatic heterocycles. The van der Waals surface area contributed by atoms with Gasteiger partial charge in [-0.05, 0) is 48.5 Å². The molecule has 5 aromatic carbocycles. The molecule has 1 nitrogen and oxygen atoms in total. The molecule has 0 spiro atoms. The molecule has 0 unspecified atom stereocenters. The van der Waals surface area contributed by atoms with Crippen LogP contribution in [0.15, 0.2) is 170 Å². The first-order chi connectivity index (χ1) is 20.3. The van der Waals surface area contributed by atoms with Gasteiger partial charge in [-0.25, -0.2) is 0 Å². The van der Waals surface area contributed by atoms with Crippen molar-refractivity contribution < 1.29 is 19.5 Å². The van der Waals surface area contributed by atoms with Gasteiger partial charge in [-0.1, -0.05) is 91.9 Å². The van der Waals surface area contributed by atoms with Crippen molar-refractivity contribution in [2.75, 3.05) is 18.9 Å².